The van der Waals surface area contributed by atoms with Crippen molar-refractivity contribution in [2.45, 2.75) is 6.92 Å². The Morgan fingerprint density at radius 1 is 0.815 bits per heavy atom. The molecule has 4 rings (SSSR count). The minimum absolute atomic E-state index is 0.00848. The van der Waals surface area contributed by atoms with Crippen LogP contribution in [0.15, 0.2) is 54.6 Å². The molecule has 0 unspecified atom stereocenters. The average Bonchev–Trinajstić information content (AvgIpc) is 2.67. The van der Waals surface area contributed by atoms with Crippen molar-refractivity contribution in [1.82, 2.24) is 0 Å². The first-order chi connectivity index (χ1) is 12.9. The predicted octanol–water partition coefficient (Wildman–Crippen LogP) is 3.17. The summed E-state index contributed by atoms with van der Waals surface area (Å²) in [7, 11) is 0. The van der Waals surface area contributed by atoms with Gasteiger partial charge in [0, 0.05) is 27.9 Å². The zero-order valence-electron chi connectivity index (χ0n) is 14.6. The van der Waals surface area contributed by atoms with Crippen LogP contribution in [-0.4, -0.2) is 17.3 Å². The van der Waals surface area contributed by atoms with Crippen LogP contribution in [0.3, 0.4) is 0 Å². The largest absolute Gasteiger partial charge is 0.398 e. The van der Waals surface area contributed by atoms with Crippen LogP contribution in [0.2, 0.25) is 0 Å². The lowest BCUT2D eigenvalue weighted by Crippen LogP contribution is -2.25. The first-order valence-electron chi connectivity index (χ1n) is 8.42. The van der Waals surface area contributed by atoms with Crippen molar-refractivity contribution >= 4 is 28.7 Å². The third kappa shape index (κ3) is 2.44. The maximum absolute atomic E-state index is 13.0. The summed E-state index contributed by atoms with van der Waals surface area (Å²) in [6, 6.07) is 14.9. The smallest absolute Gasteiger partial charge is 0.196 e. The quantitative estimate of drug-likeness (QED) is 0.424. The predicted molar refractivity (Wildman–Crippen MR) is 103 cm³/mol. The van der Waals surface area contributed by atoms with Crippen molar-refractivity contribution in [1.29, 1.82) is 0 Å². The first kappa shape index (κ1) is 16.7. The van der Waals surface area contributed by atoms with Crippen molar-refractivity contribution in [3.63, 3.8) is 0 Å². The number of hydrogen-bond acceptors (Lipinski definition) is 5. The number of carbonyl (C=O) groups excluding carboxylic acids is 3. The molecule has 3 aromatic carbocycles. The number of nitrogens with two attached hydrogens (primary N) is 2. The topological polar surface area (TPSA) is 103 Å². The molecule has 3 aromatic rings. The number of rotatable bonds is 2. The van der Waals surface area contributed by atoms with Crippen molar-refractivity contribution in [2.24, 2.45) is 0 Å². The summed E-state index contributed by atoms with van der Waals surface area (Å²) in [5.74, 6) is -1.11. The standard InChI is InChI=1S/C22H16N2O3/c1-11-6-8-12(9-7-11)20(25)15-10-16(23)17-18(19(15)24)22(27)14-5-3-2-4-13(14)21(17)26/h2-10H,23-24H2,1H3. The highest BCUT2D eigenvalue weighted by molar-refractivity contribution is 6.33. The molecule has 132 valence electrons. The SMILES string of the molecule is Cc1ccc(C(=O)c2cc(N)c3c(c2N)C(=O)c2ccccc2C3=O)cc1. The number of nitrogen functional groups attached to an aromatic ring is 2. The molecule has 0 fully saturated rings. The normalized spacial score (nSPS) is 12.5. The molecule has 27 heavy (non-hydrogen) atoms. The number of fused-ring (bicyclic) bond motifs is 2. The molecule has 0 spiro atoms. The van der Waals surface area contributed by atoms with E-state index in [0.717, 1.165) is 5.56 Å². The van der Waals surface area contributed by atoms with Gasteiger partial charge >= 0.3 is 0 Å². The summed E-state index contributed by atoms with van der Waals surface area (Å²) >= 11 is 0. The summed E-state index contributed by atoms with van der Waals surface area (Å²) in [5, 5.41) is 0. The Morgan fingerprint density at radius 2 is 1.37 bits per heavy atom. The van der Waals surface area contributed by atoms with E-state index >= 15 is 0 Å². The Hall–Kier alpha value is -3.73. The highest BCUT2D eigenvalue weighted by Crippen LogP contribution is 2.37. The summed E-state index contributed by atoms with van der Waals surface area (Å²) < 4.78 is 0. The summed E-state index contributed by atoms with van der Waals surface area (Å²) in [5.41, 5.74) is 14.5. The summed E-state index contributed by atoms with van der Waals surface area (Å²) in [6.45, 7) is 1.92. The lowest BCUT2D eigenvalue weighted by molar-refractivity contribution is 0.0979. The zero-order chi connectivity index (χ0) is 19.3. The monoisotopic (exact) mass is 356 g/mol. The van der Waals surface area contributed by atoms with Crippen LogP contribution in [0.1, 0.15) is 53.3 Å². The van der Waals surface area contributed by atoms with Crippen LogP contribution in [0.5, 0.6) is 0 Å². The molecule has 1 aliphatic rings. The fourth-order valence-corrected chi connectivity index (χ4v) is 3.40. The van der Waals surface area contributed by atoms with E-state index in [1.54, 1.807) is 36.4 Å². The Kier molecular flexibility index (Phi) is 3.66. The molecule has 5 nitrogen and oxygen atoms in total. The highest BCUT2D eigenvalue weighted by atomic mass is 16.1. The van der Waals surface area contributed by atoms with Crippen molar-refractivity contribution in [3.05, 3.63) is 93.5 Å². The molecule has 1 aliphatic carbocycles. The molecular formula is C22H16N2O3. The zero-order valence-corrected chi connectivity index (χ0v) is 14.6. The number of ketones is 3. The van der Waals surface area contributed by atoms with Crippen molar-refractivity contribution in [3.8, 4) is 0 Å². The molecule has 0 radical (unpaired) electrons. The van der Waals surface area contributed by atoms with E-state index in [4.69, 9.17) is 11.5 Å². The van der Waals surface area contributed by atoms with Gasteiger partial charge in [-0.05, 0) is 13.0 Å². The van der Waals surface area contributed by atoms with Gasteiger partial charge in [0.1, 0.15) is 0 Å². The van der Waals surface area contributed by atoms with E-state index in [1.807, 2.05) is 19.1 Å². The van der Waals surface area contributed by atoms with Gasteiger partial charge in [-0.2, -0.15) is 0 Å². The van der Waals surface area contributed by atoms with Crippen LogP contribution in [0.25, 0.3) is 0 Å². The number of benzene rings is 3. The van der Waals surface area contributed by atoms with E-state index in [-0.39, 0.29) is 45.2 Å². The number of carbonyl (C=O) groups is 3. The van der Waals surface area contributed by atoms with E-state index in [2.05, 4.69) is 0 Å². The third-order valence-electron chi connectivity index (χ3n) is 4.83. The van der Waals surface area contributed by atoms with Crippen LogP contribution < -0.4 is 11.5 Å². The second-order valence-electron chi connectivity index (χ2n) is 6.58. The number of aryl methyl sites for hydroxylation is 1. The second kappa shape index (κ2) is 5.92. The highest BCUT2D eigenvalue weighted by Gasteiger charge is 2.34. The molecule has 0 bridgehead atoms. The van der Waals surface area contributed by atoms with Crippen molar-refractivity contribution in [2.75, 3.05) is 11.5 Å². The fourth-order valence-electron chi connectivity index (χ4n) is 3.40. The lowest BCUT2D eigenvalue weighted by atomic mass is 9.80. The third-order valence-corrected chi connectivity index (χ3v) is 4.83. The van der Waals surface area contributed by atoms with Gasteiger partial charge in [-0.1, -0.05) is 54.1 Å². The Labute approximate surface area is 155 Å². The maximum Gasteiger partial charge on any atom is 0.196 e. The molecule has 0 saturated heterocycles. The molecule has 4 N–H and O–H groups in total. The molecule has 0 aliphatic heterocycles. The molecule has 0 amide bonds. The van der Waals surface area contributed by atoms with Crippen LogP contribution in [-0.2, 0) is 0 Å². The van der Waals surface area contributed by atoms with E-state index in [1.165, 1.54) is 6.07 Å². The fraction of sp³-hybridized carbons (Fsp3) is 0.0455. The van der Waals surface area contributed by atoms with Gasteiger partial charge in [-0.15, -0.1) is 0 Å². The second-order valence-corrected chi connectivity index (χ2v) is 6.58. The van der Waals surface area contributed by atoms with Crippen LogP contribution in [0, 0.1) is 6.92 Å². The van der Waals surface area contributed by atoms with Crippen molar-refractivity contribution < 1.29 is 14.4 Å². The van der Waals surface area contributed by atoms with E-state index < -0.39 is 5.78 Å². The molecule has 0 aromatic heterocycles. The summed E-state index contributed by atoms with van der Waals surface area (Å²) in [4.78, 5) is 38.7. The average molecular weight is 356 g/mol. The Morgan fingerprint density at radius 3 is 1.96 bits per heavy atom. The minimum atomic E-state index is -0.400. The van der Waals surface area contributed by atoms with Crippen LogP contribution in [0.4, 0.5) is 11.4 Å². The van der Waals surface area contributed by atoms with Gasteiger partial charge in [0.05, 0.1) is 16.8 Å². The van der Waals surface area contributed by atoms with Gasteiger partial charge in [0.2, 0.25) is 0 Å². The molecule has 0 saturated carbocycles. The van der Waals surface area contributed by atoms with Gasteiger partial charge in [-0.25, -0.2) is 0 Å². The van der Waals surface area contributed by atoms with E-state index in [9.17, 15) is 14.4 Å². The summed E-state index contributed by atoms with van der Waals surface area (Å²) in [6.07, 6.45) is 0. The number of hydrogen-bond donors (Lipinski definition) is 2. The first-order valence-corrected chi connectivity index (χ1v) is 8.42. The van der Waals surface area contributed by atoms with E-state index in [0.29, 0.717) is 11.1 Å². The Balaban J connectivity index is 1.93. The molecular weight excluding hydrogens is 340 g/mol. The molecule has 0 heterocycles. The van der Waals surface area contributed by atoms with Crippen LogP contribution >= 0.6 is 0 Å². The molecule has 0 atom stereocenters. The molecule has 5 heteroatoms. The minimum Gasteiger partial charge on any atom is -0.398 e. The number of anilines is 2. The Bertz CT molecular complexity index is 1140. The maximum atomic E-state index is 13.0. The van der Waals surface area contributed by atoms with Gasteiger partial charge in [0.25, 0.3) is 0 Å². The van der Waals surface area contributed by atoms with Gasteiger partial charge < -0.3 is 11.5 Å². The van der Waals surface area contributed by atoms with Gasteiger partial charge in [0.15, 0.2) is 17.3 Å². The van der Waals surface area contributed by atoms with Gasteiger partial charge in [-0.3, -0.25) is 14.4 Å². The lowest BCUT2D eigenvalue weighted by Gasteiger charge is -2.22.